The first kappa shape index (κ1) is 74.4. The molecule has 6 heteroatoms. The third kappa shape index (κ3) is 64.1. The molecule has 6 nitrogen and oxygen atoms in total. The Kier molecular flexibility index (Phi) is 63.6. The topological polar surface area (TPSA) is 78.9 Å². The van der Waals surface area contributed by atoms with Crippen molar-refractivity contribution in [1.82, 2.24) is 0 Å². The van der Waals surface area contributed by atoms with Gasteiger partial charge in [0, 0.05) is 19.3 Å². The number of allylic oxidation sites excluding steroid dienone is 8. The van der Waals surface area contributed by atoms with E-state index in [4.69, 9.17) is 14.2 Å². The first-order chi connectivity index (χ1) is 38.0. The lowest BCUT2D eigenvalue weighted by Crippen LogP contribution is -2.30. The van der Waals surface area contributed by atoms with E-state index >= 15 is 0 Å². The van der Waals surface area contributed by atoms with Crippen molar-refractivity contribution in [3.8, 4) is 0 Å². The van der Waals surface area contributed by atoms with Crippen LogP contribution in [0.15, 0.2) is 48.6 Å². The maximum atomic E-state index is 12.9. The number of carbonyl (C=O) groups excluding carboxylic acids is 3. The van der Waals surface area contributed by atoms with Gasteiger partial charge in [-0.05, 0) is 83.5 Å². The van der Waals surface area contributed by atoms with Gasteiger partial charge in [0.05, 0.1) is 0 Å². The van der Waals surface area contributed by atoms with Crippen LogP contribution in [0.5, 0.6) is 0 Å². The smallest absolute Gasteiger partial charge is 0.306 e. The molecule has 0 saturated heterocycles. The highest BCUT2D eigenvalue weighted by atomic mass is 16.6. The Morgan fingerprint density at radius 3 is 0.740 bits per heavy atom. The van der Waals surface area contributed by atoms with E-state index in [1.54, 1.807) is 0 Å². The monoisotopic (exact) mass is 1080 g/mol. The van der Waals surface area contributed by atoms with Gasteiger partial charge in [-0.15, -0.1) is 0 Å². The van der Waals surface area contributed by atoms with Crippen LogP contribution < -0.4 is 0 Å². The lowest BCUT2D eigenvalue weighted by atomic mass is 10.0. The number of ether oxygens (including phenoxy) is 3. The lowest BCUT2D eigenvalue weighted by Gasteiger charge is -2.18. The second-order valence-corrected chi connectivity index (χ2v) is 23.1. The number of hydrogen-bond acceptors (Lipinski definition) is 6. The molecule has 0 saturated carbocycles. The summed E-state index contributed by atoms with van der Waals surface area (Å²) < 4.78 is 16.9. The number of hydrogen-bond donors (Lipinski definition) is 0. The Labute approximate surface area is 479 Å². The van der Waals surface area contributed by atoms with Gasteiger partial charge in [-0.25, -0.2) is 0 Å². The molecule has 450 valence electrons. The van der Waals surface area contributed by atoms with Crippen molar-refractivity contribution in [2.75, 3.05) is 13.2 Å². The molecule has 0 aliphatic carbocycles. The zero-order valence-electron chi connectivity index (χ0n) is 51.7. The van der Waals surface area contributed by atoms with Crippen LogP contribution in [0, 0.1) is 0 Å². The van der Waals surface area contributed by atoms with E-state index in [-0.39, 0.29) is 31.1 Å². The highest BCUT2D eigenvalue weighted by molar-refractivity contribution is 5.71. The van der Waals surface area contributed by atoms with Gasteiger partial charge in [-0.1, -0.05) is 313 Å². The second-order valence-electron chi connectivity index (χ2n) is 23.1. The predicted octanol–water partition coefficient (Wildman–Crippen LogP) is 23.3. The molecule has 0 rings (SSSR count). The molecule has 0 amide bonds. The van der Waals surface area contributed by atoms with Crippen LogP contribution in [-0.4, -0.2) is 37.2 Å². The summed E-state index contributed by atoms with van der Waals surface area (Å²) in [5.74, 6) is -0.857. The number of rotatable bonds is 63. The Morgan fingerprint density at radius 1 is 0.260 bits per heavy atom. The standard InChI is InChI=1S/C71H130O6/c1-4-7-10-13-16-18-20-22-24-26-28-30-32-33-34-35-36-37-39-40-42-44-46-48-50-52-55-58-61-64-70(73)76-67-68(66-75-69(72)63-60-57-54-15-12-9-6-3)77-71(74)65-62-59-56-53-51-49-47-45-43-41-38-31-29-27-25-23-21-19-17-14-11-8-5-2/h20,22,26-29,32-33,68H,4-19,21,23-25,30-31,34-67H2,1-3H3/b22-20-,28-26-,29-27-,33-32-. The average Bonchev–Trinajstić information content (AvgIpc) is 3.43. The minimum Gasteiger partial charge on any atom is -0.462 e. The predicted molar refractivity (Wildman–Crippen MR) is 335 cm³/mol. The molecule has 0 N–H and O–H groups in total. The highest BCUT2D eigenvalue weighted by Gasteiger charge is 2.19. The molecule has 1 unspecified atom stereocenters. The quantitative estimate of drug-likeness (QED) is 0.0261. The summed E-state index contributed by atoms with van der Waals surface area (Å²) in [7, 11) is 0. The van der Waals surface area contributed by atoms with Crippen LogP contribution in [0.2, 0.25) is 0 Å². The zero-order valence-corrected chi connectivity index (χ0v) is 51.7. The van der Waals surface area contributed by atoms with Crippen molar-refractivity contribution >= 4 is 17.9 Å². The van der Waals surface area contributed by atoms with Crippen molar-refractivity contribution in [3.05, 3.63) is 48.6 Å². The zero-order chi connectivity index (χ0) is 55.7. The van der Waals surface area contributed by atoms with E-state index in [9.17, 15) is 14.4 Å². The Morgan fingerprint density at radius 2 is 0.468 bits per heavy atom. The maximum Gasteiger partial charge on any atom is 0.306 e. The van der Waals surface area contributed by atoms with E-state index in [2.05, 4.69) is 69.4 Å². The molecule has 0 aliphatic heterocycles. The van der Waals surface area contributed by atoms with Crippen molar-refractivity contribution in [3.63, 3.8) is 0 Å². The molecule has 0 aromatic rings. The van der Waals surface area contributed by atoms with Crippen LogP contribution in [0.3, 0.4) is 0 Å². The van der Waals surface area contributed by atoms with Gasteiger partial charge in [-0.2, -0.15) is 0 Å². The minimum atomic E-state index is -0.770. The fraction of sp³-hybridized carbons (Fsp3) is 0.845. The van der Waals surface area contributed by atoms with Crippen molar-refractivity contribution in [2.45, 2.75) is 374 Å². The minimum absolute atomic E-state index is 0.0698. The molecule has 0 fully saturated rings. The molecule has 0 radical (unpaired) electrons. The van der Waals surface area contributed by atoms with Crippen LogP contribution >= 0.6 is 0 Å². The Hall–Kier alpha value is -2.63. The second kappa shape index (κ2) is 65.9. The molecule has 1 atom stereocenters. The Balaban J connectivity index is 4.06. The molecule has 0 heterocycles. The molecule has 0 spiro atoms. The van der Waals surface area contributed by atoms with Gasteiger partial charge in [0.25, 0.3) is 0 Å². The first-order valence-electron chi connectivity index (χ1n) is 34.1. The van der Waals surface area contributed by atoms with E-state index < -0.39 is 6.10 Å². The Bertz CT molecular complexity index is 1330. The van der Waals surface area contributed by atoms with Crippen molar-refractivity contribution in [2.24, 2.45) is 0 Å². The van der Waals surface area contributed by atoms with Crippen molar-refractivity contribution in [1.29, 1.82) is 0 Å². The SMILES string of the molecule is CCCCCCC/C=C\C/C=C\C/C=C\CCCCCCCCCCCCCCCCC(=O)OCC(COC(=O)CCCCCCCCC)OC(=O)CCCCCCCCCCCCC/C=C\CCCCCCCCCC. The van der Waals surface area contributed by atoms with Gasteiger partial charge in [-0.3, -0.25) is 14.4 Å². The van der Waals surface area contributed by atoms with Gasteiger partial charge in [0.15, 0.2) is 6.10 Å². The third-order valence-electron chi connectivity index (χ3n) is 15.3. The number of unbranched alkanes of at least 4 members (excludes halogenated alkanes) is 44. The third-order valence-corrected chi connectivity index (χ3v) is 15.3. The van der Waals surface area contributed by atoms with Gasteiger partial charge < -0.3 is 14.2 Å². The van der Waals surface area contributed by atoms with Crippen LogP contribution in [0.25, 0.3) is 0 Å². The molecular weight excluding hydrogens is 949 g/mol. The normalized spacial score (nSPS) is 12.3. The summed E-state index contributed by atoms with van der Waals surface area (Å²) in [6.45, 7) is 6.64. The molecule has 0 aliphatic rings. The summed E-state index contributed by atoms with van der Waals surface area (Å²) in [6.07, 6.45) is 83.0. The van der Waals surface area contributed by atoms with E-state index in [0.29, 0.717) is 19.3 Å². The first-order valence-corrected chi connectivity index (χ1v) is 34.1. The highest BCUT2D eigenvalue weighted by Crippen LogP contribution is 2.18. The van der Waals surface area contributed by atoms with Gasteiger partial charge in [0.1, 0.15) is 13.2 Å². The van der Waals surface area contributed by atoms with E-state index in [1.807, 2.05) is 0 Å². The number of carbonyl (C=O) groups is 3. The van der Waals surface area contributed by atoms with Gasteiger partial charge >= 0.3 is 17.9 Å². The molecule has 77 heavy (non-hydrogen) atoms. The molecule has 0 aromatic carbocycles. The van der Waals surface area contributed by atoms with Crippen LogP contribution in [-0.2, 0) is 28.6 Å². The fourth-order valence-electron chi connectivity index (χ4n) is 10.2. The summed E-state index contributed by atoms with van der Waals surface area (Å²) >= 11 is 0. The van der Waals surface area contributed by atoms with E-state index in [1.165, 1.54) is 257 Å². The summed E-state index contributed by atoms with van der Waals surface area (Å²) in [6, 6.07) is 0. The summed E-state index contributed by atoms with van der Waals surface area (Å²) in [4.78, 5) is 38.1. The fourth-order valence-corrected chi connectivity index (χ4v) is 10.2. The molecule has 0 bridgehead atoms. The van der Waals surface area contributed by atoms with E-state index in [0.717, 1.165) is 70.6 Å². The number of esters is 3. The largest absolute Gasteiger partial charge is 0.462 e. The van der Waals surface area contributed by atoms with Crippen LogP contribution in [0.1, 0.15) is 367 Å². The average molecular weight is 1080 g/mol. The maximum absolute atomic E-state index is 12.9. The van der Waals surface area contributed by atoms with Crippen molar-refractivity contribution < 1.29 is 28.6 Å². The lowest BCUT2D eigenvalue weighted by molar-refractivity contribution is -0.167. The van der Waals surface area contributed by atoms with Gasteiger partial charge in [0.2, 0.25) is 0 Å². The summed E-state index contributed by atoms with van der Waals surface area (Å²) in [5.41, 5.74) is 0. The van der Waals surface area contributed by atoms with Crippen LogP contribution in [0.4, 0.5) is 0 Å². The summed E-state index contributed by atoms with van der Waals surface area (Å²) in [5, 5.41) is 0. The molecular formula is C71H130O6. The molecule has 0 aromatic heterocycles.